The number of rotatable bonds is 5. The summed E-state index contributed by atoms with van der Waals surface area (Å²) in [6, 6.07) is 16.2. The molecule has 0 saturated carbocycles. The van der Waals surface area contributed by atoms with Crippen LogP contribution >= 0.6 is 0 Å². The summed E-state index contributed by atoms with van der Waals surface area (Å²) in [5.74, 6) is 0.206. The van der Waals surface area contributed by atoms with E-state index in [1.807, 2.05) is 42.5 Å². The highest BCUT2D eigenvalue weighted by atomic mass is 16.5. The first-order valence-corrected chi connectivity index (χ1v) is 7.25. The summed E-state index contributed by atoms with van der Waals surface area (Å²) in [6.07, 6.45) is 0. The van der Waals surface area contributed by atoms with Crippen molar-refractivity contribution in [2.45, 2.75) is 0 Å². The number of carboxylic acids is 1. The molecule has 1 aromatic heterocycles. The molecule has 24 heavy (non-hydrogen) atoms. The molecular formula is C18H16N2O4. The maximum atomic E-state index is 11.4. The zero-order valence-corrected chi connectivity index (χ0v) is 13.3. The van der Waals surface area contributed by atoms with Crippen molar-refractivity contribution in [1.82, 2.24) is 9.78 Å². The molecule has 6 heteroatoms. The Bertz CT molecular complexity index is 886. The summed E-state index contributed by atoms with van der Waals surface area (Å²) in [5.41, 5.74) is 2.03. The summed E-state index contributed by atoms with van der Waals surface area (Å²) < 4.78 is 12.2. The van der Waals surface area contributed by atoms with Crippen molar-refractivity contribution in [3.63, 3.8) is 0 Å². The zero-order valence-electron chi connectivity index (χ0n) is 13.3. The minimum atomic E-state index is -1.09. The molecular weight excluding hydrogens is 308 g/mol. The Balaban J connectivity index is 2.23. The minimum absolute atomic E-state index is 0.0428. The third-order valence-electron chi connectivity index (χ3n) is 3.61. The van der Waals surface area contributed by atoms with Gasteiger partial charge in [-0.15, -0.1) is 0 Å². The predicted molar refractivity (Wildman–Crippen MR) is 89.1 cm³/mol. The first-order chi connectivity index (χ1) is 11.6. The van der Waals surface area contributed by atoms with Gasteiger partial charge in [-0.25, -0.2) is 9.48 Å². The summed E-state index contributed by atoms with van der Waals surface area (Å²) in [6.45, 7) is 0. The van der Waals surface area contributed by atoms with Crippen molar-refractivity contribution in [2.24, 2.45) is 0 Å². The molecule has 1 N–H and O–H groups in total. The summed E-state index contributed by atoms with van der Waals surface area (Å²) in [4.78, 5) is 11.4. The molecule has 0 atom stereocenters. The van der Waals surface area contributed by atoms with Crippen molar-refractivity contribution >= 4 is 5.97 Å². The summed E-state index contributed by atoms with van der Waals surface area (Å²) in [5, 5.41) is 13.5. The molecule has 3 rings (SSSR count). The highest BCUT2D eigenvalue weighted by Crippen LogP contribution is 2.32. The van der Waals surface area contributed by atoms with Gasteiger partial charge < -0.3 is 14.6 Å². The molecule has 0 amide bonds. The molecule has 1 heterocycles. The molecule has 3 aromatic rings. The largest absolute Gasteiger partial charge is 0.497 e. The highest BCUT2D eigenvalue weighted by Gasteiger charge is 2.18. The number of para-hydroxylation sites is 1. The fraction of sp³-hybridized carbons (Fsp3) is 0.111. The van der Waals surface area contributed by atoms with Gasteiger partial charge in [-0.1, -0.05) is 18.2 Å². The number of hydrogen-bond donors (Lipinski definition) is 1. The third-order valence-corrected chi connectivity index (χ3v) is 3.61. The van der Waals surface area contributed by atoms with E-state index in [1.165, 1.54) is 6.07 Å². The van der Waals surface area contributed by atoms with Gasteiger partial charge in [0.05, 0.1) is 25.6 Å². The molecule has 0 radical (unpaired) electrons. The van der Waals surface area contributed by atoms with Crippen LogP contribution in [0.5, 0.6) is 11.5 Å². The number of carbonyl (C=O) groups is 1. The van der Waals surface area contributed by atoms with Crippen molar-refractivity contribution < 1.29 is 19.4 Å². The van der Waals surface area contributed by atoms with E-state index in [9.17, 15) is 9.90 Å². The van der Waals surface area contributed by atoms with Crippen LogP contribution in [-0.2, 0) is 0 Å². The molecule has 0 aliphatic carbocycles. The van der Waals surface area contributed by atoms with Crippen LogP contribution in [0.2, 0.25) is 0 Å². The van der Waals surface area contributed by atoms with Gasteiger partial charge in [0.15, 0.2) is 5.69 Å². The summed E-state index contributed by atoms with van der Waals surface area (Å²) >= 11 is 0. The molecule has 6 nitrogen and oxygen atoms in total. The quantitative estimate of drug-likeness (QED) is 0.780. The van der Waals surface area contributed by atoms with Crippen molar-refractivity contribution in [3.05, 3.63) is 60.3 Å². The second-order valence-electron chi connectivity index (χ2n) is 5.03. The van der Waals surface area contributed by atoms with Gasteiger partial charge in [0, 0.05) is 11.6 Å². The fourth-order valence-electron chi connectivity index (χ4n) is 2.47. The van der Waals surface area contributed by atoms with E-state index in [0.29, 0.717) is 22.9 Å². The number of ether oxygens (including phenoxy) is 2. The molecule has 2 aromatic carbocycles. The van der Waals surface area contributed by atoms with Crippen LogP contribution in [0.15, 0.2) is 54.6 Å². The normalized spacial score (nSPS) is 10.4. The second-order valence-corrected chi connectivity index (χ2v) is 5.03. The fourth-order valence-corrected chi connectivity index (χ4v) is 2.47. The number of nitrogens with zero attached hydrogens (tertiary/aromatic N) is 2. The average Bonchev–Trinajstić information content (AvgIpc) is 3.07. The molecule has 0 saturated heterocycles. The van der Waals surface area contributed by atoms with Gasteiger partial charge in [-0.3, -0.25) is 0 Å². The lowest BCUT2D eigenvalue weighted by molar-refractivity contribution is 0.0690. The van der Waals surface area contributed by atoms with Gasteiger partial charge in [-0.2, -0.15) is 5.10 Å². The van der Waals surface area contributed by atoms with E-state index >= 15 is 0 Å². The second kappa shape index (κ2) is 6.45. The van der Waals surface area contributed by atoms with E-state index in [-0.39, 0.29) is 5.69 Å². The van der Waals surface area contributed by atoms with E-state index in [2.05, 4.69) is 5.10 Å². The third kappa shape index (κ3) is 2.81. The Kier molecular flexibility index (Phi) is 4.20. The maximum absolute atomic E-state index is 11.4. The molecule has 0 fully saturated rings. The van der Waals surface area contributed by atoms with Crippen molar-refractivity contribution in [2.75, 3.05) is 14.2 Å². The number of methoxy groups -OCH3 is 2. The van der Waals surface area contributed by atoms with E-state index in [0.717, 1.165) is 5.56 Å². The van der Waals surface area contributed by atoms with Crippen molar-refractivity contribution in [3.8, 4) is 28.4 Å². The van der Waals surface area contributed by atoms with Gasteiger partial charge in [0.1, 0.15) is 11.5 Å². The van der Waals surface area contributed by atoms with Gasteiger partial charge in [0.25, 0.3) is 0 Å². The standard InChI is InChI=1S/C18H16N2O4/c1-23-13-7-5-6-12(10-13)20-16(11-15(19-20)18(21)22)14-8-3-4-9-17(14)24-2/h3-11H,1-2H3,(H,21,22). The van der Waals surface area contributed by atoms with Crippen LogP contribution in [-0.4, -0.2) is 35.1 Å². The van der Waals surface area contributed by atoms with Crippen molar-refractivity contribution in [1.29, 1.82) is 0 Å². The Morgan fingerprint density at radius 2 is 1.83 bits per heavy atom. The Morgan fingerprint density at radius 1 is 1.04 bits per heavy atom. The van der Waals surface area contributed by atoms with E-state index < -0.39 is 5.97 Å². The topological polar surface area (TPSA) is 73.6 Å². The van der Waals surface area contributed by atoms with Crippen LogP contribution in [0.3, 0.4) is 0 Å². The molecule has 0 aliphatic heterocycles. The molecule has 0 bridgehead atoms. The number of aromatic nitrogens is 2. The van der Waals surface area contributed by atoms with Crippen LogP contribution in [0.4, 0.5) is 0 Å². The minimum Gasteiger partial charge on any atom is -0.497 e. The van der Waals surface area contributed by atoms with E-state index in [4.69, 9.17) is 9.47 Å². The average molecular weight is 324 g/mol. The molecule has 0 spiro atoms. The monoisotopic (exact) mass is 324 g/mol. The first kappa shape index (κ1) is 15.6. The Hall–Kier alpha value is -3.28. The lowest BCUT2D eigenvalue weighted by Crippen LogP contribution is -2.03. The SMILES string of the molecule is COc1cccc(-n2nc(C(=O)O)cc2-c2ccccc2OC)c1. The number of hydrogen-bond acceptors (Lipinski definition) is 4. The molecule has 0 aliphatic rings. The first-order valence-electron chi connectivity index (χ1n) is 7.25. The van der Waals surface area contributed by atoms with Gasteiger partial charge >= 0.3 is 5.97 Å². The molecule has 0 unspecified atom stereocenters. The van der Waals surface area contributed by atoms with Crippen LogP contribution in [0.25, 0.3) is 16.9 Å². The lowest BCUT2D eigenvalue weighted by atomic mass is 10.1. The van der Waals surface area contributed by atoms with Crippen LogP contribution < -0.4 is 9.47 Å². The number of benzene rings is 2. The zero-order chi connectivity index (χ0) is 17.1. The number of aromatic carboxylic acids is 1. The smallest absolute Gasteiger partial charge is 0.356 e. The van der Waals surface area contributed by atoms with Crippen LogP contribution in [0, 0.1) is 0 Å². The maximum Gasteiger partial charge on any atom is 0.356 e. The Labute approximate surface area is 138 Å². The Morgan fingerprint density at radius 3 is 2.54 bits per heavy atom. The lowest BCUT2D eigenvalue weighted by Gasteiger charge is -2.11. The highest BCUT2D eigenvalue weighted by molar-refractivity contribution is 5.87. The number of carboxylic acid groups (broad SMARTS) is 1. The predicted octanol–water partition coefficient (Wildman–Crippen LogP) is 3.25. The van der Waals surface area contributed by atoms with E-state index in [1.54, 1.807) is 25.0 Å². The summed E-state index contributed by atoms with van der Waals surface area (Å²) in [7, 11) is 3.15. The van der Waals surface area contributed by atoms with Gasteiger partial charge in [-0.05, 0) is 30.3 Å². The van der Waals surface area contributed by atoms with Crippen LogP contribution in [0.1, 0.15) is 10.5 Å². The van der Waals surface area contributed by atoms with Gasteiger partial charge in [0.2, 0.25) is 0 Å². The molecule has 122 valence electrons.